The van der Waals surface area contributed by atoms with Gasteiger partial charge in [0.1, 0.15) is 5.82 Å². The molecule has 0 aliphatic carbocycles. The zero-order chi connectivity index (χ0) is 21.3. The lowest BCUT2D eigenvalue weighted by atomic mass is 10.1. The molecule has 31 heavy (non-hydrogen) atoms. The number of halogens is 2. The van der Waals surface area contributed by atoms with Crippen LogP contribution in [0.25, 0.3) is 0 Å². The molecular weight excluding hydrogens is 508 g/mol. The molecule has 1 aromatic rings. The van der Waals surface area contributed by atoms with Gasteiger partial charge in [0.05, 0.1) is 18.3 Å². The molecule has 0 saturated carbocycles. The summed E-state index contributed by atoms with van der Waals surface area (Å²) in [6.07, 6.45) is 4.59. The molecule has 2 saturated heterocycles. The van der Waals surface area contributed by atoms with Crippen molar-refractivity contribution in [1.82, 2.24) is 15.5 Å². The molecule has 2 aliphatic rings. The summed E-state index contributed by atoms with van der Waals surface area (Å²) in [7, 11) is 0. The van der Waals surface area contributed by atoms with Gasteiger partial charge in [0.2, 0.25) is 0 Å². The second-order valence-corrected chi connectivity index (χ2v) is 8.46. The predicted molar refractivity (Wildman–Crippen MR) is 137 cm³/mol. The number of aliphatic hydroxyl groups excluding tert-OH is 1. The topological polar surface area (TPSA) is 63.1 Å². The van der Waals surface area contributed by atoms with Gasteiger partial charge < -0.3 is 25.5 Å². The second kappa shape index (κ2) is 13.4. The third-order valence-corrected chi connectivity index (χ3v) is 6.05. The Bertz CT molecular complexity index is 689. The standard InChI is InChI=1S/C23H38FN5O.HI/c1-3-11-28-12-7-19(8-13-28)27-23(25-4-2)26-17-18-5-6-22(21(24)16-18)29-14-9-20(30)10-15-29;/h5-6,16,19-20,30H,3-4,7-15,17H2,1-2H3,(H2,25,26,27);1H. The van der Waals surface area contributed by atoms with Crippen LogP contribution in [0.4, 0.5) is 10.1 Å². The molecule has 0 amide bonds. The van der Waals surface area contributed by atoms with E-state index in [9.17, 15) is 9.50 Å². The monoisotopic (exact) mass is 547 g/mol. The second-order valence-electron chi connectivity index (χ2n) is 8.46. The number of rotatable bonds is 7. The van der Waals surface area contributed by atoms with Crippen LogP contribution in [0.1, 0.15) is 51.5 Å². The molecule has 0 atom stereocenters. The first-order chi connectivity index (χ1) is 14.6. The van der Waals surface area contributed by atoms with E-state index in [0.717, 1.165) is 44.0 Å². The summed E-state index contributed by atoms with van der Waals surface area (Å²) in [6, 6.07) is 5.84. The van der Waals surface area contributed by atoms with Gasteiger partial charge in [-0.1, -0.05) is 13.0 Å². The van der Waals surface area contributed by atoms with Gasteiger partial charge in [0, 0.05) is 38.8 Å². The van der Waals surface area contributed by atoms with E-state index in [1.54, 1.807) is 6.07 Å². The third kappa shape index (κ3) is 8.05. The number of nitrogens with one attached hydrogen (secondary N) is 2. The fourth-order valence-corrected chi connectivity index (χ4v) is 4.31. The van der Waals surface area contributed by atoms with E-state index in [4.69, 9.17) is 4.99 Å². The van der Waals surface area contributed by atoms with Crippen molar-refractivity contribution < 1.29 is 9.50 Å². The number of anilines is 1. The summed E-state index contributed by atoms with van der Waals surface area (Å²) < 4.78 is 14.7. The molecule has 8 heteroatoms. The highest BCUT2D eigenvalue weighted by Crippen LogP contribution is 2.24. The maximum absolute atomic E-state index is 14.7. The van der Waals surface area contributed by atoms with Crippen molar-refractivity contribution >= 4 is 35.6 Å². The molecule has 0 bridgehead atoms. The van der Waals surface area contributed by atoms with Gasteiger partial charge in [-0.25, -0.2) is 9.38 Å². The molecule has 3 rings (SSSR count). The minimum atomic E-state index is -0.256. The van der Waals surface area contributed by atoms with Crippen molar-refractivity contribution in [3.05, 3.63) is 29.6 Å². The Hall–Kier alpha value is -1.13. The van der Waals surface area contributed by atoms with Crippen molar-refractivity contribution in [1.29, 1.82) is 0 Å². The summed E-state index contributed by atoms with van der Waals surface area (Å²) in [5, 5.41) is 16.5. The number of benzene rings is 1. The minimum Gasteiger partial charge on any atom is -0.393 e. The Labute approximate surface area is 203 Å². The molecule has 176 valence electrons. The molecule has 0 aromatic heterocycles. The van der Waals surface area contributed by atoms with Crippen molar-refractivity contribution in [3.63, 3.8) is 0 Å². The minimum absolute atomic E-state index is 0. The number of guanidine groups is 1. The first-order valence-electron chi connectivity index (χ1n) is 11.6. The normalized spacial score (nSPS) is 19.2. The van der Waals surface area contributed by atoms with Crippen LogP contribution in [0.2, 0.25) is 0 Å². The Morgan fingerprint density at radius 2 is 1.84 bits per heavy atom. The van der Waals surface area contributed by atoms with Gasteiger partial charge in [0.15, 0.2) is 5.96 Å². The van der Waals surface area contributed by atoms with Crippen LogP contribution in [-0.4, -0.2) is 67.4 Å². The largest absolute Gasteiger partial charge is 0.393 e. The van der Waals surface area contributed by atoms with Crippen LogP contribution < -0.4 is 15.5 Å². The highest BCUT2D eigenvalue weighted by Gasteiger charge is 2.21. The number of aliphatic imine (C=N–C) groups is 1. The van der Waals surface area contributed by atoms with Crippen LogP contribution in [0.3, 0.4) is 0 Å². The Balaban J connectivity index is 0.00000341. The van der Waals surface area contributed by atoms with Crippen LogP contribution in [0.15, 0.2) is 23.2 Å². The van der Waals surface area contributed by atoms with Gasteiger partial charge in [-0.2, -0.15) is 0 Å². The number of piperidine rings is 2. The quantitative estimate of drug-likeness (QED) is 0.278. The lowest BCUT2D eigenvalue weighted by molar-refractivity contribution is 0.145. The van der Waals surface area contributed by atoms with Crippen molar-refractivity contribution in [3.8, 4) is 0 Å². The van der Waals surface area contributed by atoms with Gasteiger partial charge in [0.25, 0.3) is 0 Å². The van der Waals surface area contributed by atoms with Gasteiger partial charge >= 0.3 is 0 Å². The van der Waals surface area contributed by atoms with Gasteiger partial charge in [-0.3, -0.25) is 0 Å². The SMILES string of the molecule is CCCN1CCC(NC(=NCc2ccc(N3CCC(O)CC3)c(F)c2)NCC)CC1.I. The van der Waals surface area contributed by atoms with Crippen LogP contribution in [0.5, 0.6) is 0 Å². The molecule has 3 N–H and O–H groups in total. The first kappa shape index (κ1) is 26.1. The average Bonchev–Trinajstić information content (AvgIpc) is 2.75. The molecule has 0 unspecified atom stereocenters. The van der Waals surface area contributed by atoms with Crippen molar-refractivity contribution in [2.75, 3.05) is 44.2 Å². The smallest absolute Gasteiger partial charge is 0.191 e. The maximum Gasteiger partial charge on any atom is 0.191 e. The molecule has 2 fully saturated rings. The maximum atomic E-state index is 14.7. The van der Waals surface area contributed by atoms with Gasteiger partial charge in [-0.05, 0) is 63.3 Å². The van der Waals surface area contributed by atoms with E-state index in [1.165, 1.54) is 13.0 Å². The van der Waals surface area contributed by atoms with Crippen molar-refractivity contribution in [2.24, 2.45) is 4.99 Å². The van der Waals surface area contributed by atoms with E-state index < -0.39 is 0 Å². The lowest BCUT2D eigenvalue weighted by Gasteiger charge is -2.32. The third-order valence-electron chi connectivity index (χ3n) is 6.05. The molecular formula is C23H39FIN5O. The van der Waals surface area contributed by atoms with E-state index >= 15 is 0 Å². The van der Waals surface area contributed by atoms with E-state index in [1.807, 2.05) is 17.0 Å². The predicted octanol–water partition coefficient (Wildman–Crippen LogP) is 3.33. The average molecular weight is 548 g/mol. The van der Waals surface area contributed by atoms with E-state index in [-0.39, 0.29) is 35.9 Å². The zero-order valence-electron chi connectivity index (χ0n) is 18.9. The highest BCUT2D eigenvalue weighted by molar-refractivity contribution is 14.0. The summed E-state index contributed by atoms with van der Waals surface area (Å²) in [5.74, 6) is 0.598. The Morgan fingerprint density at radius 1 is 1.13 bits per heavy atom. The summed E-state index contributed by atoms with van der Waals surface area (Å²) in [6.45, 7) is 10.4. The molecule has 0 spiro atoms. The Morgan fingerprint density at radius 3 is 2.45 bits per heavy atom. The van der Waals surface area contributed by atoms with Crippen LogP contribution in [0, 0.1) is 5.82 Å². The molecule has 2 aliphatic heterocycles. The van der Waals surface area contributed by atoms with Crippen LogP contribution in [-0.2, 0) is 6.54 Å². The number of likely N-dealkylation sites (tertiary alicyclic amines) is 1. The van der Waals surface area contributed by atoms with Gasteiger partial charge in [-0.15, -0.1) is 24.0 Å². The van der Waals surface area contributed by atoms with E-state index in [0.29, 0.717) is 44.2 Å². The van der Waals surface area contributed by atoms with E-state index in [2.05, 4.69) is 29.4 Å². The fourth-order valence-electron chi connectivity index (χ4n) is 4.31. The van der Waals surface area contributed by atoms with Crippen LogP contribution >= 0.6 is 24.0 Å². The lowest BCUT2D eigenvalue weighted by Crippen LogP contribution is -2.48. The fraction of sp³-hybridized carbons (Fsp3) is 0.696. The molecule has 2 heterocycles. The number of aliphatic hydroxyl groups is 1. The summed E-state index contributed by atoms with van der Waals surface area (Å²) >= 11 is 0. The molecule has 1 aromatic carbocycles. The Kier molecular flexibility index (Phi) is 11.3. The number of hydrogen-bond acceptors (Lipinski definition) is 4. The number of nitrogens with zero attached hydrogens (tertiary/aromatic N) is 3. The molecule has 0 radical (unpaired) electrons. The zero-order valence-corrected chi connectivity index (χ0v) is 21.3. The first-order valence-corrected chi connectivity index (χ1v) is 11.6. The highest BCUT2D eigenvalue weighted by atomic mass is 127. The number of hydrogen-bond donors (Lipinski definition) is 3. The summed E-state index contributed by atoms with van der Waals surface area (Å²) in [4.78, 5) is 9.24. The molecule has 6 nitrogen and oxygen atoms in total. The van der Waals surface area contributed by atoms with Crippen molar-refractivity contribution in [2.45, 2.75) is 64.6 Å². The summed E-state index contributed by atoms with van der Waals surface area (Å²) in [5.41, 5.74) is 1.49.